The lowest BCUT2D eigenvalue weighted by Crippen LogP contribution is -2.35. The zero-order valence-electron chi connectivity index (χ0n) is 16.8. The van der Waals surface area contributed by atoms with E-state index in [4.69, 9.17) is 4.42 Å². The maximum Gasteiger partial charge on any atom is 0.254 e. The summed E-state index contributed by atoms with van der Waals surface area (Å²) in [5.74, 6) is 1.69. The van der Waals surface area contributed by atoms with E-state index in [0.717, 1.165) is 46.2 Å². The first-order valence-electron chi connectivity index (χ1n) is 10.2. The van der Waals surface area contributed by atoms with Gasteiger partial charge in [-0.2, -0.15) is 0 Å². The van der Waals surface area contributed by atoms with E-state index in [-0.39, 0.29) is 11.9 Å². The molecule has 1 amide bonds. The Labute approximate surface area is 179 Å². The number of carbonyl (C=O) groups is 1. The van der Waals surface area contributed by atoms with Gasteiger partial charge in [-0.15, -0.1) is 11.8 Å². The number of aromatic nitrogens is 2. The molecule has 30 heavy (non-hydrogen) atoms. The van der Waals surface area contributed by atoms with Gasteiger partial charge in [0.2, 0.25) is 0 Å². The van der Waals surface area contributed by atoms with Crippen LogP contribution in [0.25, 0.3) is 5.65 Å². The maximum atomic E-state index is 13.2. The summed E-state index contributed by atoms with van der Waals surface area (Å²) in [5.41, 5.74) is 2.72. The van der Waals surface area contributed by atoms with Crippen LogP contribution in [0.2, 0.25) is 0 Å². The molecular formula is C24H23N3O2S. The number of carbonyl (C=O) groups excluding carboxylic acids is 1. The highest BCUT2D eigenvalue weighted by molar-refractivity contribution is 7.98. The third-order valence-electron chi connectivity index (χ3n) is 5.45. The number of fused-ring (bicyclic) bond motifs is 1. The largest absolute Gasteiger partial charge is 0.467 e. The number of thioether (sulfide) groups is 1. The average Bonchev–Trinajstić information content (AvgIpc) is 3.28. The van der Waals surface area contributed by atoms with Crippen molar-refractivity contribution in [3.05, 3.63) is 90.3 Å². The number of hydrogen-bond donors (Lipinski definition) is 0. The van der Waals surface area contributed by atoms with Gasteiger partial charge in [-0.25, -0.2) is 4.98 Å². The van der Waals surface area contributed by atoms with Crippen LogP contribution in [0.5, 0.6) is 0 Å². The van der Waals surface area contributed by atoms with Gasteiger partial charge in [0.15, 0.2) is 0 Å². The molecular weight excluding hydrogens is 394 g/mol. The smallest absolute Gasteiger partial charge is 0.254 e. The van der Waals surface area contributed by atoms with Crippen LogP contribution in [0.15, 0.2) is 82.6 Å². The fourth-order valence-corrected chi connectivity index (χ4v) is 4.52. The van der Waals surface area contributed by atoms with E-state index < -0.39 is 0 Å². The Kier molecular flexibility index (Phi) is 5.09. The van der Waals surface area contributed by atoms with E-state index in [2.05, 4.69) is 11.2 Å². The Balaban J connectivity index is 1.27. The van der Waals surface area contributed by atoms with Gasteiger partial charge in [-0.3, -0.25) is 4.79 Å². The summed E-state index contributed by atoms with van der Waals surface area (Å²) in [5, 5.41) is 0. The summed E-state index contributed by atoms with van der Waals surface area (Å²) in [6.07, 6.45) is 7.85. The number of furan rings is 1. The monoisotopic (exact) mass is 417 g/mol. The predicted molar refractivity (Wildman–Crippen MR) is 118 cm³/mol. The molecule has 1 saturated carbocycles. The average molecular weight is 418 g/mol. The van der Waals surface area contributed by atoms with Crippen molar-refractivity contribution < 1.29 is 9.21 Å². The number of nitrogens with zero attached hydrogens (tertiary/aromatic N) is 3. The highest BCUT2D eigenvalue weighted by Gasteiger charge is 2.37. The van der Waals surface area contributed by atoms with Crippen molar-refractivity contribution in [1.82, 2.24) is 14.3 Å². The molecule has 5 rings (SSSR count). The van der Waals surface area contributed by atoms with Crippen LogP contribution in [0.4, 0.5) is 0 Å². The summed E-state index contributed by atoms with van der Waals surface area (Å²) in [4.78, 5) is 21.0. The SMILES string of the molecule is CC(c1ccco1)N(C(=O)c1ccc(SCc2cn3ccccc3n2)cc1)C1CC1. The molecule has 0 N–H and O–H groups in total. The third kappa shape index (κ3) is 3.87. The Morgan fingerprint density at radius 3 is 2.73 bits per heavy atom. The molecule has 6 heteroatoms. The Morgan fingerprint density at radius 1 is 1.20 bits per heavy atom. The fraction of sp³-hybridized carbons (Fsp3) is 0.250. The van der Waals surface area contributed by atoms with Crippen molar-refractivity contribution in [3.8, 4) is 0 Å². The van der Waals surface area contributed by atoms with Crippen LogP contribution in [0.1, 0.15) is 47.6 Å². The van der Waals surface area contributed by atoms with Gasteiger partial charge >= 0.3 is 0 Å². The normalized spacial score (nSPS) is 14.7. The molecule has 4 aromatic rings. The van der Waals surface area contributed by atoms with Crippen LogP contribution >= 0.6 is 11.8 Å². The van der Waals surface area contributed by atoms with Crippen molar-refractivity contribution >= 4 is 23.3 Å². The van der Waals surface area contributed by atoms with Crippen molar-refractivity contribution in [3.63, 3.8) is 0 Å². The molecule has 0 radical (unpaired) electrons. The van der Waals surface area contributed by atoms with E-state index in [1.165, 1.54) is 0 Å². The van der Waals surface area contributed by atoms with E-state index in [1.54, 1.807) is 18.0 Å². The molecule has 1 aromatic carbocycles. The van der Waals surface area contributed by atoms with Crippen LogP contribution < -0.4 is 0 Å². The van der Waals surface area contributed by atoms with Gasteiger partial charge in [0.05, 0.1) is 18.0 Å². The van der Waals surface area contributed by atoms with Gasteiger partial charge in [-0.05, 0) is 68.3 Å². The second-order valence-corrected chi connectivity index (χ2v) is 8.70. The molecule has 1 atom stereocenters. The Bertz CT molecular complexity index is 1110. The lowest BCUT2D eigenvalue weighted by atomic mass is 10.1. The number of hydrogen-bond acceptors (Lipinski definition) is 4. The fourth-order valence-electron chi connectivity index (χ4n) is 3.73. The lowest BCUT2D eigenvalue weighted by Gasteiger charge is -2.28. The minimum absolute atomic E-state index is 0.0656. The first-order valence-corrected chi connectivity index (χ1v) is 11.2. The van der Waals surface area contributed by atoms with E-state index >= 15 is 0 Å². The summed E-state index contributed by atoms with van der Waals surface area (Å²) < 4.78 is 7.58. The third-order valence-corrected chi connectivity index (χ3v) is 6.49. The van der Waals surface area contributed by atoms with Gasteiger partial charge in [0, 0.05) is 34.6 Å². The van der Waals surface area contributed by atoms with Gasteiger partial charge in [-0.1, -0.05) is 6.07 Å². The van der Waals surface area contributed by atoms with E-state index in [0.29, 0.717) is 6.04 Å². The number of imidazole rings is 1. The molecule has 0 bridgehead atoms. The van der Waals surface area contributed by atoms with Crippen molar-refractivity contribution in [2.75, 3.05) is 0 Å². The zero-order valence-corrected chi connectivity index (χ0v) is 17.6. The molecule has 1 fully saturated rings. The highest BCUT2D eigenvalue weighted by atomic mass is 32.2. The molecule has 0 saturated heterocycles. The van der Waals surface area contributed by atoms with E-state index in [1.807, 2.05) is 77.0 Å². The molecule has 3 aromatic heterocycles. The maximum absolute atomic E-state index is 13.2. The summed E-state index contributed by atoms with van der Waals surface area (Å²) in [7, 11) is 0. The van der Waals surface area contributed by atoms with Crippen LogP contribution in [-0.4, -0.2) is 26.2 Å². The molecule has 152 valence electrons. The second kappa shape index (κ2) is 8.03. The molecule has 3 heterocycles. The van der Waals surface area contributed by atoms with Crippen LogP contribution in [0.3, 0.4) is 0 Å². The minimum Gasteiger partial charge on any atom is -0.467 e. The highest BCUT2D eigenvalue weighted by Crippen LogP contribution is 2.36. The van der Waals surface area contributed by atoms with Gasteiger partial charge < -0.3 is 13.7 Å². The molecule has 0 aliphatic heterocycles. The van der Waals surface area contributed by atoms with Crippen molar-refractivity contribution in [2.45, 2.75) is 42.5 Å². The van der Waals surface area contributed by atoms with Crippen molar-refractivity contribution in [2.24, 2.45) is 0 Å². The summed E-state index contributed by atoms with van der Waals surface area (Å²) in [6.45, 7) is 2.04. The van der Waals surface area contributed by atoms with Gasteiger partial charge in [0.25, 0.3) is 5.91 Å². The number of amides is 1. The Hall–Kier alpha value is -2.99. The van der Waals surface area contributed by atoms with Gasteiger partial charge in [0.1, 0.15) is 11.4 Å². The molecule has 1 unspecified atom stereocenters. The first kappa shape index (κ1) is 19.0. The predicted octanol–water partition coefficient (Wildman–Crippen LogP) is 5.59. The minimum atomic E-state index is -0.0656. The number of benzene rings is 1. The quantitative estimate of drug-likeness (QED) is 0.368. The lowest BCUT2D eigenvalue weighted by molar-refractivity contribution is 0.0652. The number of pyridine rings is 1. The van der Waals surface area contributed by atoms with Crippen molar-refractivity contribution in [1.29, 1.82) is 0 Å². The standard InChI is InChI=1S/C24H23N3O2S/c1-17(22-5-4-14-29-22)27(20-9-10-20)24(28)18-7-11-21(12-8-18)30-16-19-15-26-13-3-2-6-23(26)25-19/h2-8,11-15,17,20H,9-10,16H2,1H3. The van der Waals surface area contributed by atoms with Crippen LogP contribution in [-0.2, 0) is 5.75 Å². The zero-order chi connectivity index (χ0) is 20.5. The van der Waals surface area contributed by atoms with Crippen LogP contribution in [0, 0.1) is 0 Å². The summed E-state index contributed by atoms with van der Waals surface area (Å²) in [6, 6.07) is 18.0. The number of rotatable bonds is 7. The molecule has 1 aliphatic carbocycles. The molecule has 1 aliphatic rings. The summed E-state index contributed by atoms with van der Waals surface area (Å²) >= 11 is 1.72. The second-order valence-electron chi connectivity index (χ2n) is 7.65. The topological polar surface area (TPSA) is 50.8 Å². The first-order chi connectivity index (χ1) is 14.7. The Morgan fingerprint density at radius 2 is 2.03 bits per heavy atom. The molecule has 0 spiro atoms. The molecule has 5 nitrogen and oxygen atoms in total. The van der Waals surface area contributed by atoms with E-state index in [9.17, 15) is 4.79 Å².